The molecule has 0 saturated heterocycles. The molecule has 0 aliphatic rings. The van der Waals surface area contributed by atoms with Crippen molar-refractivity contribution in [3.05, 3.63) is 0 Å². The molecule has 0 amide bonds. The first-order chi connectivity index (χ1) is 5.74. The van der Waals surface area contributed by atoms with E-state index < -0.39 is 0 Å². The molecule has 0 spiro atoms. The highest BCUT2D eigenvalue weighted by atomic mass is 17.1. The molecule has 0 N–H and O–H groups in total. The van der Waals surface area contributed by atoms with Crippen molar-refractivity contribution in [3.63, 3.8) is 0 Å². The quantitative estimate of drug-likeness (QED) is 0.329. The normalized spacial score (nSPS) is 12.0. The molecule has 0 aliphatic carbocycles. The molecule has 0 bridgehead atoms. The monoisotopic (exact) mass is 173 g/mol. The predicted octanol–water partition coefficient (Wildman–Crippen LogP) is 3.49. The maximum atomic E-state index is 10.5. The molecule has 0 aromatic heterocycles. The zero-order chi connectivity index (χ0) is 9.45. The van der Waals surface area contributed by atoms with E-state index in [1.54, 1.807) is 0 Å². The van der Waals surface area contributed by atoms with Gasteiger partial charge in [0.15, 0.2) is 0 Å². The Bertz CT molecular complexity index is 89.7. The summed E-state index contributed by atoms with van der Waals surface area (Å²) < 4.78 is 0. The van der Waals surface area contributed by atoms with E-state index in [0.717, 1.165) is 25.7 Å². The Morgan fingerprint density at radius 3 is 2.00 bits per heavy atom. The Morgan fingerprint density at radius 1 is 1.08 bits per heavy atom. The van der Waals surface area contributed by atoms with E-state index in [-0.39, 0.29) is 5.60 Å². The lowest BCUT2D eigenvalue weighted by atomic mass is 9.91. The minimum absolute atomic E-state index is 0.380. The summed E-state index contributed by atoms with van der Waals surface area (Å²) in [6, 6.07) is 0. The van der Waals surface area contributed by atoms with Gasteiger partial charge in [-0.3, -0.25) is 0 Å². The molecular formula is C10H21O2. The minimum Gasteiger partial charge on any atom is -0.197 e. The van der Waals surface area contributed by atoms with Gasteiger partial charge in [0.1, 0.15) is 5.60 Å². The molecule has 0 saturated carbocycles. The molecule has 73 valence electrons. The van der Waals surface area contributed by atoms with Gasteiger partial charge in [-0.2, -0.15) is 4.89 Å². The summed E-state index contributed by atoms with van der Waals surface area (Å²) in [6.45, 7) is 6.21. The largest absolute Gasteiger partial charge is 0.197 e. The average molecular weight is 173 g/mol. The number of rotatable bonds is 7. The third-order valence-corrected chi connectivity index (χ3v) is 2.70. The van der Waals surface area contributed by atoms with Gasteiger partial charge in [-0.1, -0.05) is 40.0 Å². The van der Waals surface area contributed by atoms with Gasteiger partial charge in [0, 0.05) is 0 Å². The summed E-state index contributed by atoms with van der Waals surface area (Å²) in [4.78, 5) is 4.33. The molecule has 0 aromatic carbocycles. The molecule has 12 heavy (non-hydrogen) atoms. The van der Waals surface area contributed by atoms with Crippen molar-refractivity contribution in [2.45, 2.75) is 64.9 Å². The fraction of sp³-hybridized carbons (Fsp3) is 1.00. The van der Waals surface area contributed by atoms with E-state index in [9.17, 15) is 5.26 Å². The summed E-state index contributed by atoms with van der Waals surface area (Å²) in [7, 11) is 0. The maximum absolute atomic E-state index is 10.5. The van der Waals surface area contributed by atoms with E-state index in [1.807, 2.05) is 13.8 Å². The third-order valence-electron chi connectivity index (χ3n) is 2.70. The highest BCUT2D eigenvalue weighted by Crippen LogP contribution is 2.26. The Hall–Kier alpha value is -0.0800. The topological polar surface area (TPSA) is 29.1 Å². The lowest BCUT2D eigenvalue weighted by Gasteiger charge is -2.26. The average Bonchev–Trinajstić information content (AvgIpc) is 2.14. The maximum Gasteiger partial charge on any atom is 0.106 e. The summed E-state index contributed by atoms with van der Waals surface area (Å²) in [5.41, 5.74) is -0.380. The van der Waals surface area contributed by atoms with Crippen LogP contribution in [0.2, 0.25) is 0 Å². The smallest absolute Gasteiger partial charge is 0.106 e. The van der Waals surface area contributed by atoms with E-state index in [1.165, 1.54) is 12.8 Å². The molecular weight excluding hydrogens is 152 g/mol. The third kappa shape index (κ3) is 3.55. The van der Waals surface area contributed by atoms with Crippen molar-refractivity contribution in [3.8, 4) is 0 Å². The lowest BCUT2D eigenvalue weighted by Crippen LogP contribution is -2.29. The van der Waals surface area contributed by atoms with Gasteiger partial charge in [0.2, 0.25) is 0 Å². The molecule has 2 heteroatoms. The first-order valence-corrected chi connectivity index (χ1v) is 5.05. The van der Waals surface area contributed by atoms with Crippen LogP contribution in [-0.4, -0.2) is 5.60 Å². The number of hydrogen-bond donors (Lipinski definition) is 0. The molecule has 0 unspecified atom stereocenters. The van der Waals surface area contributed by atoms with Crippen LogP contribution >= 0.6 is 0 Å². The van der Waals surface area contributed by atoms with Gasteiger partial charge in [0.25, 0.3) is 0 Å². The van der Waals surface area contributed by atoms with Gasteiger partial charge in [-0.05, 0) is 24.5 Å². The Balaban J connectivity index is 3.76. The first-order valence-electron chi connectivity index (χ1n) is 5.05. The summed E-state index contributed by atoms with van der Waals surface area (Å²) >= 11 is 0. The Kier molecular flexibility index (Phi) is 6.39. The zero-order valence-electron chi connectivity index (χ0n) is 8.56. The van der Waals surface area contributed by atoms with Crippen LogP contribution in [0.3, 0.4) is 0 Å². The molecule has 0 fully saturated rings. The van der Waals surface area contributed by atoms with Crippen LogP contribution in [0.25, 0.3) is 0 Å². The first kappa shape index (κ1) is 11.9. The van der Waals surface area contributed by atoms with E-state index in [4.69, 9.17) is 0 Å². The molecule has 0 aromatic rings. The van der Waals surface area contributed by atoms with Crippen molar-refractivity contribution in [2.75, 3.05) is 0 Å². The van der Waals surface area contributed by atoms with Gasteiger partial charge in [-0.15, -0.1) is 0 Å². The summed E-state index contributed by atoms with van der Waals surface area (Å²) in [6.07, 6.45) is 6.08. The predicted molar refractivity (Wildman–Crippen MR) is 49.2 cm³/mol. The molecule has 2 nitrogen and oxygen atoms in total. The zero-order valence-corrected chi connectivity index (χ0v) is 8.56. The van der Waals surface area contributed by atoms with Crippen molar-refractivity contribution in [1.29, 1.82) is 0 Å². The lowest BCUT2D eigenvalue weighted by molar-refractivity contribution is -0.377. The number of unbranched alkanes of at least 4 members (excludes halogenated alkanes) is 2. The fourth-order valence-electron chi connectivity index (χ4n) is 1.46. The van der Waals surface area contributed by atoms with E-state index >= 15 is 0 Å². The molecule has 0 rings (SSSR count). The van der Waals surface area contributed by atoms with Crippen LogP contribution in [0, 0.1) is 0 Å². The van der Waals surface area contributed by atoms with Crippen molar-refractivity contribution >= 4 is 0 Å². The molecule has 0 heterocycles. The van der Waals surface area contributed by atoms with Gasteiger partial charge in [-0.25, -0.2) is 0 Å². The fourth-order valence-corrected chi connectivity index (χ4v) is 1.46. The van der Waals surface area contributed by atoms with Crippen molar-refractivity contribution < 1.29 is 10.1 Å². The van der Waals surface area contributed by atoms with E-state index in [2.05, 4.69) is 11.8 Å². The number of hydrogen-bond acceptors (Lipinski definition) is 1. The van der Waals surface area contributed by atoms with Crippen LogP contribution in [-0.2, 0) is 10.1 Å². The Morgan fingerprint density at radius 2 is 1.67 bits per heavy atom. The molecule has 0 aliphatic heterocycles. The summed E-state index contributed by atoms with van der Waals surface area (Å²) in [5.74, 6) is 0. The van der Waals surface area contributed by atoms with Gasteiger partial charge >= 0.3 is 0 Å². The Labute approximate surface area is 75.9 Å². The second-order valence-corrected chi connectivity index (χ2v) is 3.43. The highest BCUT2D eigenvalue weighted by Gasteiger charge is 2.27. The van der Waals surface area contributed by atoms with Crippen molar-refractivity contribution in [1.82, 2.24) is 0 Å². The van der Waals surface area contributed by atoms with Crippen LogP contribution in [0.4, 0.5) is 0 Å². The summed E-state index contributed by atoms with van der Waals surface area (Å²) in [5, 5.41) is 10.5. The standard InChI is InChI=1S/C10H21O2/c1-4-7-8-9-10(5-2,6-3)12-11/h4-9H2,1-3H3. The van der Waals surface area contributed by atoms with Crippen LogP contribution in [0.15, 0.2) is 0 Å². The molecule has 1 radical (unpaired) electrons. The second kappa shape index (κ2) is 6.44. The van der Waals surface area contributed by atoms with Crippen LogP contribution < -0.4 is 0 Å². The van der Waals surface area contributed by atoms with Crippen molar-refractivity contribution in [2.24, 2.45) is 0 Å². The molecule has 0 atom stereocenters. The minimum atomic E-state index is -0.380. The second-order valence-electron chi connectivity index (χ2n) is 3.43. The SMILES string of the molecule is CCCCCC(CC)(CC)O[O]. The van der Waals surface area contributed by atoms with Crippen LogP contribution in [0.1, 0.15) is 59.3 Å². The van der Waals surface area contributed by atoms with Crippen LogP contribution in [0.5, 0.6) is 0 Å². The van der Waals surface area contributed by atoms with E-state index in [0.29, 0.717) is 0 Å². The highest BCUT2D eigenvalue weighted by molar-refractivity contribution is 4.75. The van der Waals surface area contributed by atoms with Gasteiger partial charge < -0.3 is 0 Å². The van der Waals surface area contributed by atoms with Gasteiger partial charge in [0.05, 0.1) is 0 Å².